The molecule has 1 spiro atoms. The summed E-state index contributed by atoms with van der Waals surface area (Å²) < 4.78 is 33.9. The third-order valence-corrected chi connectivity index (χ3v) is 8.14. The van der Waals surface area contributed by atoms with E-state index < -0.39 is 23.9 Å². The van der Waals surface area contributed by atoms with E-state index in [4.69, 9.17) is 4.74 Å². The van der Waals surface area contributed by atoms with Gasteiger partial charge in [0.05, 0.1) is 24.4 Å². The Morgan fingerprint density at radius 2 is 2.00 bits per heavy atom. The Balaban J connectivity index is 1.26. The molecule has 3 saturated heterocycles. The van der Waals surface area contributed by atoms with Crippen molar-refractivity contribution in [3.05, 3.63) is 42.1 Å². The van der Waals surface area contributed by atoms with Gasteiger partial charge in [-0.3, -0.25) is 9.59 Å². The van der Waals surface area contributed by atoms with Crippen molar-refractivity contribution in [1.82, 2.24) is 25.1 Å². The van der Waals surface area contributed by atoms with Crippen LogP contribution in [0.3, 0.4) is 0 Å². The Labute approximate surface area is 232 Å². The number of anilines is 1. The smallest absolute Gasteiger partial charge is 0.258 e. The Bertz CT molecular complexity index is 1230. The third kappa shape index (κ3) is 5.73. The minimum Gasteiger partial charge on any atom is -0.451 e. The molecule has 216 valence electrons. The highest BCUT2D eigenvalue weighted by molar-refractivity contribution is 5.97. The second-order valence-corrected chi connectivity index (χ2v) is 11.2. The summed E-state index contributed by atoms with van der Waals surface area (Å²) in [5.41, 5.74) is 0.0916. The molecule has 1 aromatic heterocycles. The molecule has 5 rings (SSSR count). The second-order valence-electron chi connectivity index (χ2n) is 11.2. The van der Waals surface area contributed by atoms with Crippen molar-refractivity contribution < 1.29 is 28.2 Å². The average Bonchev–Trinajstić information content (AvgIpc) is 3.37. The van der Waals surface area contributed by atoms with Crippen LogP contribution in [0.4, 0.5) is 14.6 Å². The summed E-state index contributed by atoms with van der Waals surface area (Å²) >= 11 is 0. The monoisotopic (exact) mass is 558 g/mol. The number of nitrogens with zero attached hydrogens (tertiary/aromatic N) is 5. The molecule has 1 aromatic carbocycles. The Morgan fingerprint density at radius 3 is 2.65 bits per heavy atom. The number of aliphatic hydroxyl groups is 1. The van der Waals surface area contributed by atoms with Gasteiger partial charge in [-0.15, -0.1) is 0 Å². The normalized spacial score (nSPS) is 21.9. The summed E-state index contributed by atoms with van der Waals surface area (Å²) in [7, 11) is 0. The predicted molar refractivity (Wildman–Crippen MR) is 144 cm³/mol. The minimum atomic E-state index is -0.964. The van der Waals surface area contributed by atoms with E-state index in [0.29, 0.717) is 24.7 Å². The first-order valence-electron chi connectivity index (χ1n) is 13.8. The quantitative estimate of drug-likeness (QED) is 0.508. The van der Waals surface area contributed by atoms with Crippen molar-refractivity contribution in [2.75, 3.05) is 50.8 Å². The molecule has 2 N–H and O–H groups in total. The highest BCUT2D eigenvalue weighted by Gasteiger charge is 2.47. The van der Waals surface area contributed by atoms with Gasteiger partial charge in [0.15, 0.2) is 11.6 Å². The number of ether oxygens (including phenoxy) is 1. The van der Waals surface area contributed by atoms with E-state index >= 15 is 0 Å². The molecule has 0 bridgehead atoms. The van der Waals surface area contributed by atoms with Crippen LogP contribution in [-0.2, 0) is 4.79 Å². The molecule has 4 heterocycles. The number of alkyl halides is 1. The van der Waals surface area contributed by atoms with Crippen LogP contribution < -0.4 is 15.0 Å². The number of hydrogen-bond acceptors (Lipinski definition) is 8. The lowest BCUT2D eigenvalue weighted by molar-refractivity contribution is -0.135. The first-order chi connectivity index (χ1) is 19.2. The van der Waals surface area contributed by atoms with E-state index in [1.165, 1.54) is 29.6 Å². The number of amides is 2. The molecule has 0 aliphatic carbocycles. The van der Waals surface area contributed by atoms with Gasteiger partial charge in [-0.2, -0.15) is 0 Å². The molecule has 2 atom stereocenters. The number of benzene rings is 1. The summed E-state index contributed by atoms with van der Waals surface area (Å²) in [4.78, 5) is 40.0. The zero-order valence-corrected chi connectivity index (χ0v) is 22.9. The zero-order valence-electron chi connectivity index (χ0n) is 22.9. The number of carbonyl (C=O) groups is 2. The average molecular weight is 559 g/mol. The molecule has 3 fully saturated rings. The number of nitrogens with one attached hydrogen (secondary N) is 1. The molecule has 10 nitrogen and oxygen atoms in total. The molecule has 0 radical (unpaired) electrons. The van der Waals surface area contributed by atoms with Crippen molar-refractivity contribution in [2.24, 2.45) is 5.41 Å². The Kier molecular flexibility index (Phi) is 8.18. The topological polar surface area (TPSA) is 111 Å². The Hall–Kier alpha value is -3.38. The summed E-state index contributed by atoms with van der Waals surface area (Å²) in [5, 5.41) is 12.4. The SMILES string of the molecule is CC(C)N(CCO)C(=O)c1cc(F)ccc1Oc1cncnc1N1CC2(CCN(C(=O)[C@@H]3C[C@@H](F)CN3)CC2)C1. The van der Waals surface area contributed by atoms with Crippen LogP contribution in [0.25, 0.3) is 0 Å². The molecule has 0 saturated carbocycles. The van der Waals surface area contributed by atoms with Crippen molar-refractivity contribution in [3.8, 4) is 11.5 Å². The maximum absolute atomic E-state index is 14.2. The minimum absolute atomic E-state index is 0.0164. The van der Waals surface area contributed by atoms with Crippen molar-refractivity contribution in [1.29, 1.82) is 0 Å². The van der Waals surface area contributed by atoms with Gasteiger partial charge < -0.3 is 29.9 Å². The third-order valence-electron chi connectivity index (χ3n) is 8.14. The molecule has 40 heavy (non-hydrogen) atoms. The van der Waals surface area contributed by atoms with Crippen LogP contribution in [0.2, 0.25) is 0 Å². The molecular formula is C28H36F2N6O4. The molecule has 12 heteroatoms. The molecule has 2 aromatic rings. The van der Waals surface area contributed by atoms with Crippen LogP contribution in [0.15, 0.2) is 30.7 Å². The number of hydrogen-bond donors (Lipinski definition) is 2. The summed E-state index contributed by atoms with van der Waals surface area (Å²) in [6.07, 6.45) is 3.91. The summed E-state index contributed by atoms with van der Waals surface area (Å²) in [5.74, 6) is 0.0483. The van der Waals surface area contributed by atoms with Crippen LogP contribution in [0.5, 0.6) is 11.5 Å². The highest BCUT2D eigenvalue weighted by atomic mass is 19.1. The van der Waals surface area contributed by atoms with E-state index in [9.17, 15) is 23.5 Å². The number of aliphatic hydroxyl groups excluding tert-OH is 1. The van der Waals surface area contributed by atoms with Gasteiger partial charge in [0.2, 0.25) is 5.91 Å². The zero-order chi connectivity index (χ0) is 28.4. The highest BCUT2D eigenvalue weighted by Crippen LogP contribution is 2.45. The van der Waals surface area contributed by atoms with E-state index in [1.807, 2.05) is 18.7 Å². The second kappa shape index (κ2) is 11.6. The van der Waals surface area contributed by atoms with Gasteiger partial charge in [-0.1, -0.05) is 0 Å². The maximum Gasteiger partial charge on any atom is 0.258 e. The maximum atomic E-state index is 14.2. The Morgan fingerprint density at radius 1 is 1.25 bits per heavy atom. The van der Waals surface area contributed by atoms with Crippen LogP contribution >= 0.6 is 0 Å². The summed E-state index contributed by atoms with van der Waals surface area (Å²) in [6, 6.07) is 3.13. The van der Waals surface area contributed by atoms with Gasteiger partial charge in [0.1, 0.15) is 24.1 Å². The fourth-order valence-electron chi connectivity index (χ4n) is 5.89. The number of aromatic nitrogens is 2. The number of piperidine rings is 1. The van der Waals surface area contributed by atoms with E-state index in [-0.39, 0.29) is 54.8 Å². The standard InChI is InChI=1S/C28H36F2N6O4/c1-18(2)36(9-10-37)26(38)21-11-19(29)3-4-23(21)40-24-14-31-17-33-25(24)35-15-28(16-35)5-7-34(8-6-28)27(39)22-12-20(30)13-32-22/h3-4,11,14,17-18,20,22,32,37H,5-10,12-13,15-16H2,1-2H3/t20-,22+/m1/s1. The van der Waals surface area contributed by atoms with Gasteiger partial charge in [-0.25, -0.2) is 18.7 Å². The number of likely N-dealkylation sites (tertiary alicyclic amines) is 1. The van der Waals surface area contributed by atoms with Gasteiger partial charge in [-0.05, 0) is 44.9 Å². The first kappa shape index (κ1) is 28.2. The number of rotatable bonds is 8. The van der Waals surface area contributed by atoms with E-state index in [2.05, 4.69) is 20.2 Å². The molecule has 2 amide bonds. The lowest BCUT2D eigenvalue weighted by Crippen LogP contribution is -2.62. The molecule has 0 unspecified atom stereocenters. The largest absolute Gasteiger partial charge is 0.451 e. The lowest BCUT2D eigenvalue weighted by Gasteiger charge is -2.54. The van der Waals surface area contributed by atoms with Crippen LogP contribution in [0, 0.1) is 11.2 Å². The van der Waals surface area contributed by atoms with Gasteiger partial charge in [0, 0.05) is 57.1 Å². The number of carbonyl (C=O) groups excluding carboxylic acids is 2. The van der Waals surface area contributed by atoms with Crippen LogP contribution in [0.1, 0.15) is 43.5 Å². The van der Waals surface area contributed by atoms with Crippen LogP contribution in [-0.4, -0.2) is 101 Å². The molecular weight excluding hydrogens is 522 g/mol. The predicted octanol–water partition coefficient (Wildman–Crippen LogP) is 2.38. The number of halogens is 2. The molecule has 3 aliphatic rings. The molecule has 3 aliphatic heterocycles. The van der Waals surface area contributed by atoms with E-state index in [1.54, 1.807) is 0 Å². The van der Waals surface area contributed by atoms with Crippen molar-refractivity contribution in [2.45, 2.75) is 51.4 Å². The lowest BCUT2D eigenvalue weighted by atomic mass is 9.72. The van der Waals surface area contributed by atoms with Crippen molar-refractivity contribution >= 4 is 17.6 Å². The van der Waals surface area contributed by atoms with Gasteiger partial charge in [0.25, 0.3) is 5.91 Å². The fourth-order valence-corrected chi connectivity index (χ4v) is 5.89. The van der Waals surface area contributed by atoms with Crippen molar-refractivity contribution in [3.63, 3.8) is 0 Å². The summed E-state index contributed by atoms with van der Waals surface area (Å²) in [6.45, 7) is 6.49. The first-order valence-corrected chi connectivity index (χ1v) is 13.8. The fraction of sp³-hybridized carbons (Fsp3) is 0.571. The van der Waals surface area contributed by atoms with E-state index in [0.717, 1.165) is 32.0 Å². The van der Waals surface area contributed by atoms with Gasteiger partial charge >= 0.3 is 0 Å².